The lowest BCUT2D eigenvalue weighted by molar-refractivity contribution is -0.122. The van der Waals surface area contributed by atoms with E-state index in [4.69, 9.17) is 5.73 Å². The maximum Gasteiger partial charge on any atom is 0.242 e. The molecule has 0 saturated heterocycles. The Morgan fingerprint density at radius 3 is 1.75 bits per heavy atom. The molecule has 1 radical (unpaired) electrons. The molecule has 2 heteroatoms. The minimum absolute atomic E-state index is 0.236. The summed E-state index contributed by atoms with van der Waals surface area (Å²) < 4.78 is 0. The average molecular weight is 166 g/mol. The number of carbonyl (C=O) groups excluding carboxylic acids is 1. The normalized spacial score (nSPS) is 9.92. The Morgan fingerprint density at radius 2 is 1.58 bits per heavy atom. The van der Waals surface area contributed by atoms with Crippen molar-refractivity contribution in [2.75, 3.05) is 0 Å². The molecule has 0 aromatic rings. The van der Waals surface area contributed by atoms with Gasteiger partial charge in [0, 0.05) is 5.92 Å². The van der Waals surface area contributed by atoms with Crippen LogP contribution in [0.25, 0.3) is 0 Å². The van der Waals surface area contributed by atoms with Crippen LogP contribution in [-0.2, 0) is 4.79 Å². The van der Waals surface area contributed by atoms with Gasteiger partial charge < -0.3 is 0 Å². The largest absolute Gasteiger partial charge is 0.273 e. The molecule has 12 heavy (non-hydrogen) atoms. The Kier molecular flexibility index (Phi) is 4.34. The summed E-state index contributed by atoms with van der Waals surface area (Å²) in [4.78, 5) is 10.8. The maximum atomic E-state index is 10.8. The predicted molar refractivity (Wildman–Crippen MR) is 50.5 cm³/mol. The maximum absolute atomic E-state index is 10.8. The van der Waals surface area contributed by atoms with E-state index in [-0.39, 0.29) is 5.92 Å². The summed E-state index contributed by atoms with van der Waals surface area (Å²) in [6.07, 6.45) is 1.21. The number of hydrogen-bond acceptors (Lipinski definition) is 1. The predicted octanol–water partition coefficient (Wildman–Crippen LogP) is 2.34. The molecule has 67 valence electrons. The monoisotopic (exact) mass is 166 g/mol. The molecule has 1 N–H and O–H groups in total. The van der Waals surface area contributed by atoms with E-state index in [2.05, 4.69) is 13.2 Å². The molecule has 0 aromatic carbocycles. The van der Waals surface area contributed by atoms with Crippen molar-refractivity contribution in [1.82, 2.24) is 5.73 Å². The SMILES string of the molecule is C=C(C)CC(CC(=C)C)C([NH])=O. The molecular weight excluding hydrogens is 150 g/mol. The van der Waals surface area contributed by atoms with Crippen molar-refractivity contribution in [3.8, 4) is 0 Å². The third-order valence-corrected chi connectivity index (χ3v) is 1.56. The number of allylic oxidation sites excluding steroid dienone is 2. The lowest BCUT2D eigenvalue weighted by Crippen LogP contribution is -2.15. The summed E-state index contributed by atoms with van der Waals surface area (Å²) in [6.45, 7) is 11.2. The van der Waals surface area contributed by atoms with Crippen LogP contribution in [0, 0.1) is 5.92 Å². The van der Waals surface area contributed by atoms with Crippen LogP contribution in [-0.4, -0.2) is 5.91 Å². The van der Waals surface area contributed by atoms with Gasteiger partial charge in [-0.2, -0.15) is 0 Å². The van der Waals surface area contributed by atoms with Gasteiger partial charge in [-0.15, -0.1) is 13.2 Å². The Morgan fingerprint density at radius 1 is 1.25 bits per heavy atom. The van der Waals surface area contributed by atoms with Gasteiger partial charge in [0.1, 0.15) is 0 Å². The lowest BCUT2D eigenvalue weighted by atomic mass is 9.94. The van der Waals surface area contributed by atoms with E-state index in [1.54, 1.807) is 0 Å². The highest BCUT2D eigenvalue weighted by Crippen LogP contribution is 2.17. The summed E-state index contributed by atoms with van der Waals surface area (Å²) >= 11 is 0. The summed E-state index contributed by atoms with van der Waals surface area (Å²) in [5, 5.41) is 0. The van der Waals surface area contributed by atoms with E-state index >= 15 is 0 Å². The first-order valence-electron chi connectivity index (χ1n) is 3.97. The summed E-state index contributed by atoms with van der Waals surface area (Å²) in [5.41, 5.74) is 8.89. The zero-order valence-electron chi connectivity index (χ0n) is 7.81. The fourth-order valence-corrected chi connectivity index (χ4v) is 1.10. The second-order valence-corrected chi connectivity index (χ2v) is 3.38. The van der Waals surface area contributed by atoms with Crippen molar-refractivity contribution < 1.29 is 4.79 Å². The molecule has 0 spiro atoms. The standard InChI is InChI=1S/C10H16NO/c1-7(2)5-9(10(11)12)6-8(3)4/h9,11H,1,3,5-6H2,2,4H3. The van der Waals surface area contributed by atoms with Gasteiger partial charge >= 0.3 is 0 Å². The molecule has 1 amide bonds. The number of nitrogens with one attached hydrogen (secondary N) is 1. The van der Waals surface area contributed by atoms with E-state index in [0.717, 1.165) is 11.1 Å². The molecule has 0 rings (SSSR count). The van der Waals surface area contributed by atoms with Crippen molar-refractivity contribution >= 4 is 5.91 Å². The van der Waals surface area contributed by atoms with E-state index in [9.17, 15) is 4.79 Å². The zero-order valence-corrected chi connectivity index (χ0v) is 7.81. The molecule has 0 unspecified atom stereocenters. The van der Waals surface area contributed by atoms with Crippen LogP contribution in [0.15, 0.2) is 24.3 Å². The van der Waals surface area contributed by atoms with Crippen LogP contribution in [0.1, 0.15) is 26.7 Å². The molecule has 2 nitrogen and oxygen atoms in total. The summed E-state index contributed by atoms with van der Waals surface area (Å²) in [6, 6.07) is 0. The van der Waals surface area contributed by atoms with Gasteiger partial charge in [-0.3, -0.25) is 10.5 Å². The second-order valence-electron chi connectivity index (χ2n) is 3.38. The minimum Gasteiger partial charge on any atom is -0.273 e. The molecule has 0 aliphatic carbocycles. The molecule has 0 aliphatic heterocycles. The van der Waals surface area contributed by atoms with Crippen molar-refractivity contribution in [1.29, 1.82) is 0 Å². The first kappa shape index (κ1) is 11.0. The molecular formula is C10H16NO. The number of carbonyl (C=O) groups is 1. The molecule has 0 saturated carbocycles. The first-order chi connectivity index (χ1) is 5.43. The smallest absolute Gasteiger partial charge is 0.242 e. The molecule has 0 fully saturated rings. The fraction of sp³-hybridized carbons (Fsp3) is 0.500. The minimum atomic E-state index is -0.513. The molecule has 0 atom stereocenters. The Hall–Kier alpha value is -1.05. The van der Waals surface area contributed by atoms with Gasteiger partial charge in [0.2, 0.25) is 5.91 Å². The van der Waals surface area contributed by atoms with E-state index in [0.29, 0.717) is 12.8 Å². The van der Waals surface area contributed by atoms with Gasteiger partial charge in [0.15, 0.2) is 0 Å². The Labute approximate surface area is 74.1 Å². The quantitative estimate of drug-likeness (QED) is 0.578. The summed E-state index contributed by atoms with van der Waals surface area (Å²) in [5.74, 6) is -0.749. The van der Waals surface area contributed by atoms with Gasteiger partial charge in [-0.25, -0.2) is 0 Å². The van der Waals surface area contributed by atoms with E-state index < -0.39 is 5.91 Å². The zero-order chi connectivity index (χ0) is 9.72. The van der Waals surface area contributed by atoms with Crippen LogP contribution in [0.2, 0.25) is 0 Å². The number of amides is 1. The molecule has 0 heterocycles. The van der Waals surface area contributed by atoms with Crippen LogP contribution in [0.5, 0.6) is 0 Å². The van der Waals surface area contributed by atoms with Crippen molar-refractivity contribution in [2.24, 2.45) is 5.92 Å². The van der Waals surface area contributed by atoms with Crippen molar-refractivity contribution in [3.63, 3.8) is 0 Å². The number of hydrogen-bond donors (Lipinski definition) is 0. The lowest BCUT2D eigenvalue weighted by Gasteiger charge is -2.11. The van der Waals surface area contributed by atoms with E-state index in [1.165, 1.54) is 0 Å². The van der Waals surface area contributed by atoms with Gasteiger partial charge in [-0.05, 0) is 26.7 Å². The molecule has 0 aromatic heterocycles. The van der Waals surface area contributed by atoms with Gasteiger partial charge in [0.05, 0.1) is 0 Å². The third kappa shape index (κ3) is 4.72. The van der Waals surface area contributed by atoms with Crippen LogP contribution in [0.4, 0.5) is 0 Å². The average Bonchev–Trinajstić information content (AvgIpc) is 1.83. The van der Waals surface area contributed by atoms with Gasteiger partial charge in [-0.1, -0.05) is 11.1 Å². The molecule has 0 aliphatic rings. The fourth-order valence-electron chi connectivity index (χ4n) is 1.10. The van der Waals surface area contributed by atoms with E-state index in [1.807, 2.05) is 13.8 Å². The molecule has 0 bridgehead atoms. The van der Waals surface area contributed by atoms with Crippen LogP contribution in [0.3, 0.4) is 0 Å². The van der Waals surface area contributed by atoms with Crippen molar-refractivity contribution in [2.45, 2.75) is 26.7 Å². The second kappa shape index (κ2) is 4.75. The Bertz CT molecular complexity index is 190. The van der Waals surface area contributed by atoms with Crippen LogP contribution < -0.4 is 5.73 Å². The number of rotatable bonds is 5. The third-order valence-electron chi connectivity index (χ3n) is 1.56. The van der Waals surface area contributed by atoms with Gasteiger partial charge in [0.25, 0.3) is 0 Å². The first-order valence-corrected chi connectivity index (χ1v) is 3.97. The topological polar surface area (TPSA) is 40.9 Å². The highest BCUT2D eigenvalue weighted by molar-refractivity contribution is 5.76. The highest BCUT2D eigenvalue weighted by Gasteiger charge is 2.15. The van der Waals surface area contributed by atoms with Crippen LogP contribution >= 0.6 is 0 Å². The highest BCUT2D eigenvalue weighted by atomic mass is 16.1. The summed E-state index contributed by atoms with van der Waals surface area (Å²) in [7, 11) is 0. The Balaban J connectivity index is 4.14. The van der Waals surface area contributed by atoms with Crippen molar-refractivity contribution in [3.05, 3.63) is 24.3 Å².